The molecule has 0 atom stereocenters. The fourth-order valence-electron chi connectivity index (χ4n) is 2.02. The number of nitrogens with zero attached hydrogens (tertiary/aromatic N) is 15. The third kappa shape index (κ3) is 11.1. The highest BCUT2D eigenvalue weighted by atomic mass is 79.9. The number of hydrogen-bond acceptors (Lipinski definition) is 17. The van der Waals surface area contributed by atoms with E-state index in [1.54, 1.807) is 12.1 Å². The summed E-state index contributed by atoms with van der Waals surface area (Å²) in [5.74, 6) is 0.0228. The van der Waals surface area contributed by atoms with Crippen LogP contribution in [-0.2, 0) is 4.57 Å². The maximum absolute atomic E-state index is 10.7. The summed E-state index contributed by atoms with van der Waals surface area (Å²) in [6.45, 7) is 0. The van der Waals surface area contributed by atoms with Gasteiger partial charge in [-0.25, -0.2) is 4.57 Å². The van der Waals surface area contributed by atoms with Crippen molar-refractivity contribution in [3.05, 3.63) is 77.1 Å². The zero-order chi connectivity index (χ0) is 29.9. The third-order valence-electron chi connectivity index (χ3n) is 3.43. The molecule has 0 radical (unpaired) electrons. The van der Waals surface area contributed by atoms with Gasteiger partial charge in [0.05, 0.1) is 45.4 Å². The summed E-state index contributed by atoms with van der Waals surface area (Å²) in [4.78, 5) is 50.6. The van der Waals surface area contributed by atoms with Gasteiger partial charge in [-0.15, -0.1) is 12.4 Å². The Morgan fingerprint density at radius 3 is 1.59 bits per heavy atom. The number of phosphoric ester groups is 1. The van der Waals surface area contributed by atoms with Crippen molar-refractivity contribution in [1.29, 1.82) is 0 Å². The van der Waals surface area contributed by atoms with E-state index in [4.69, 9.17) is 21.4 Å². The van der Waals surface area contributed by atoms with Gasteiger partial charge in [0.15, 0.2) is 5.75 Å². The Bertz CT molecular complexity index is 1490. The normalized spacial score (nSPS) is 9.95. The van der Waals surface area contributed by atoms with Gasteiger partial charge in [0.2, 0.25) is 34.6 Å². The van der Waals surface area contributed by atoms with E-state index in [0.29, 0.717) is 34.8 Å². The van der Waals surface area contributed by atoms with E-state index in [1.807, 2.05) is 0 Å². The van der Waals surface area contributed by atoms with E-state index in [9.17, 15) is 34.9 Å². The summed E-state index contributed by atoms with van der Waals surface area (Å²) < 4.78 is 15.9. The number of hydrogen-bond donors (Lipinski definition) is 3. The van der Waals surface area contributed by atoms with Crippen LogP contribution in [0.3, 0.4) is 0 Å². The van der Waals surface area contributed by atoms with Crippen LogP contribution >= 0.6 is 47.8 Å². The third-order valence-corrected chi connectivity index (χ3v) is 5.15. The van der Waals surface area contributed by atoms with Gasteiger partial charge >= 0.3 is 7.82 Å². The molecule has 0 saturated heterocycles. The highest BCUT2D eigenvalue weighted by molar-refractivity contribution is 9.10. The zero-order valence-corrected chi connectivity index (χ0v) is 23.0. The maximum atomic E-state index is 10.7. The molecule has 0 aliphatic carbocycles. The molecule has 0 aliphatic rings. The van der Waals surface area contributed by atoms with Crippen molar-refractivity contribution < 1.29 is 34.0 Å². The van der Waals surface area contributed by atoms with Crippen molar-refractivity contribution in [2.75, 3.05) is 0 Å². The van der Waals surface area contributed by atoms with E-state index in [0.717, 1.165) is 19.0 Å². The first kappa shape index (κ1) is 34.2. The van der Waals surface area contributed by atoms with E-state index in [1.165, 1.54) is 6.20 Å². The summed E-state index contributed by atoms with van der Waals surface area (Å²) >= 11 is 9.22. The highest BCUT2D eigenvalue weighted by Crippen LogP contribution is 2.44. The minimum Gasteiger partial charge on any atom is -0.402 e. The lowest BCUT2D eigenvalue weighted by atomic mass is 10.2. The van der Waals surface area contributed by atoms with Gasteiger partial charge in [0.25, 0.3) is 0 Å². The Balaban J connectivity index is 0.000000288. The molecule has 0 aliphatic heterocycles. The van der Waals surface area contributed by atoms with Gasteiger partial charge in [-0.2, -0.15) is 0 Å². The average Bonchev–Trinajstić information content (AvgIpc) is 3.70. The molecule has 30 heteroatoms. The van der Waals surface area contributed by atoms with Crippen molar-refractivity contribution in [3.8, 4) is 5.75 Å². The number of benzene rings is 1. The van der Waals surface area contributed by atoms with Crippen LogP contribution in [0.5, 0.6) is 5.75 Å². The molecule has 26 nitrogen and oxygen atoms in total. The molecule has 4 aromatic heterocycles. The lowest BCUT2D eigenvalue weighted by Crippen LogP contribution is -2.08. The first-order valence-corrected chi connectivity index (χ1v) is 11.8. The quantitative estimate of drug-likeness (QED) is 0.119. The number of nitrogens with one attached hydrogen (secondary N) is 1. The molecule has 0 spiro atoms. The number of phosphoric acid groups is 1. The van der Waals surface area contributed by atoms with Crippen LogP contribution in [0.25, 0.3) is 10.9 Å². The fourth-order valence-corrected chi connectivity index (χ4v) is 3.01. The second-order valence-electron chi connectivity index (χ2n) is 5.92. The van der Waals surface area contributed by atoms with Crippen molar-refractivity contribution in [2.24, 2.45) is 0 Å². The maximum Gasteiger partial charge on any atom is 0.524 e. The number of nitro groups is 3. The van der Waals surface area contributed by atoms with Gasteiger partial charge in [-0.3, -0.25) is 9.79 Å². The largest absolute Gasteiger partial charge is 0.524 e. The molecule has 5 aromatic rings. The van der Waals surface area contributed by atoms with E-state index < -0.39 is 22.9 Å². The SMILES string of the molecule is Cl.O=P(O)(O)Oc1c[nH]c2ccc(Br)c(Cl)c12.O=[N+]([O-])n1cnnn1.O=[N+]([O-])n1cnnn1.O=[N+]([O-])n1cnnn1. The first-order valence-electron chi connectivity index (χ1n) is 9.13. The molecule has 4 heterocycles. The number of halogens is 3. The molecular formula is C11H10BrCl2N16O10P. The fraction of sp³-hybridized carbons (Fsp3) is 0. The summed E-state index contributed by atoms with van der Waals surface area (Å²) in [6, 6.07) is 3.44. The van der Waals surface area contributed by atoms with Crippen LogP contribution in [0.4, 0.5) is 0 Å². The number of tetrazole rings is 3. The van der Waals surface area contributed by atoms with Crippen LogP contribution in [0.2, 0.25) is 5.02 Å². The Hall–Kier alpha value is -4.82. The zero-order valence-electron chi connectivity index (χ0n) is 18.9. The molecule has 220 valence electrons. The monoisotopic (exact) mass is 706 g/mol. The second kappa shape index (κ2) is 15.7. The van der Waals surface area contributed by atoms with Crippen LogP contribution in [0, 0.1) is 30.3 Å². The lowest BCUT2D eigenvalue weighted by molar-refractivity contribution is -0.553. The Morgan fingerprint density at radius 1 is 0.878 bits per heavy atom. The van der Waals surface area contributed by atoms with Crippen molar-refractivity contribution in [3.63, 3.8) is 0 Å². The number of aromatic nitrogens is 13. The van der Waals surface area contributed by atoms with Gasteiger partial charge < -0.3 is 39.9 Å². The van der Waals surface area contributed by atoms with Crippen molar-refractivity contribution in [2.45, 2.75) is 0 Å². The Morgan fingerprint density at radius 2 is 1.29 bits per heavy atom. The van der Waals surface area contributed by atoms with Crippen molar-refractivity contribution >= 4 is 58.7 Å². The molecule has 0 saturated carbocycles. The van der Waals surface area contributed by atoms with Crippen LogP contribution in [0.1, 0.15) is 0 Å². The summed E-state index contributed by atoms with van der Waals surface area (Å²) in [5, 5.41) is 54.7. The van der Waals surface area contributed by atoms with Crippen LogP contribution < -0.4 is 4.52 Å². The number of fused-ring (bicyclic) bond motifs is 1. The van der Waals surface area contributed by atoms with Gasteiger partial charge in [-0.05, 0) is 28.1 Å². The minimum atomic E-state index is -4.59. The summed E-state index contributed by atoms with van der Waals surface area (Å²) in [6.07, 6.45) is 4.06. The molecule has 0 bridgehead atoms. The predicted octanol–water partition coefficient (Wildman–Crippen LogP) is -0.384. The first-order chi connectivity index (χ1) is 18.8. The van der Waals surface area contributed by atoms with Crippen molar-refractivity contribution in [1.82, 2.24) is 65.9 Å². The predicted molar refractivity (Wildman–Crippen MR) is 132 cm³/mol. The van der Waals surface area contributed by atoms with Crippen LogP contribution in [-0.4, -0.2) is 90.8 Å². The molecular weight excluding hydrogens is 698 g/mol. The lowest BCUT2D eigenvalue weighted by Gasteiger charge is -2.06. The highest BCUT2D eigenvalue weighted by Gasteiger charge is 2.20. The molecule has 3 N–H and O–H groups in total. The summed E-state index contributed by atoms with van der Waals surface area (Å²) in [5.41, 5.74) is 0.636. The van der Waals surface area contributed by atoms with Crippen LogP contribution in [0.15, 0.2) is 41.8 Å². The minimum absolute atomic E-state index is 0. The average molecular weight is 708 g/mol. The van der Waals surface area contributed by atoms with E-state index in [-0.39, 0.29) is 18.2 Å². The second-order valence-corrected chi connectivity index (χ2v) is 8.32. The van der Waals surface area contributed by atoms with Gasteiger partial charge in [0.1, 0.15) is 15.6 Å². The van der Waals surface area contributed by atoms with E-state index in [2.05, 4.69) is 72.0 Å². The number of H-pyrrole nitrogens is 1. The topological polar surface area (TPSA) is 343 Å². The molecule has 0 fully saturated rings. The molecule has 0 unspecified atom stereocenters. The smallest absolute Gasteiger partial charge is 0.402 e. The number of aromatic amines is 1. The summed E-state index contributed by atoms with van der Waals surface area (Å²) in [7, 11) is -4.59. The standard InChI is InChI=1S/C8H6BrClNO4P.3CHN5O2.ClH/c9-4-1-2-5-7(8(4)10)6(3-11-5)15-16(12,13)14;3*7-6(8)5-1-2-3-4-5;/h1-3,11H,(H2,12,13,14);3*1H;1H. The van der Waals surface area contributed by atoms with Gasteiger partial charge in [-0.1, -0.05) is 26.9 Å². The Labute approximate surface area is 241 Å². The molecule has 0 amide bonds. The van der Waals surface area contributed by atoms with Gasteiger partial charge in [0, 0.05) is 10.7 Å². The molecule has 5 rings (SSSR count). The molecule has 1 aromatic carbocycles. The Kier molecular flexibility index (Phi) is 13.1. The number of rotatable bonds is 5. The van der Waals surface area contributed by atoms with E-state index >= 15 is 0 Å². The molecule has 41 heavy (non-hydrogen) atoms.